The Labute approximate surface area is 175 Å². The second-order valence-corrected chi connectivity index (χ2v) is 9.77. The number of hydrogen-bond donors (Lipinski definition) is 0. The van der Waals surface area contributed by atoms with Crippen molar-refractivity contribution in [2.45, 2.75) is 62.8 Å². The van der Waals surface area contributed by atoms with Gasteiger partial charge in [0.25, 0.3) is 0 Å². The predicted octanol–water partition coefficient (Wildman–Crippen LogP) is -1.69. The Morgan fingerprint density at radius 3 is 1.19 bits per heavy atom. The van der Waals surface area contributed by atoms with E-state index in [0.717, 1.165) is 0 Å². The summed E-state index contributed by atoms with van der Waals surface area (Å²) in [6.45, 7) is 5.18. The molecule has 3 fully saturated rings. The highest BCUT2D eigenvalue weighted by molar-refractivity contribution is 6.72. The third-order valence-electron chi connectivity index (χ3n) is 8.17. The van der Waals surface area contributed by atoms with Crippen LogP contribution in [-0.2, 0) is 0 Å². The van der Waals surface area contributed by atoms with Gasteiger partial charge in [0.15, 0.2) is 0 Å². The molecule has 4 unspecified atom stereocenters. The van der Waals surface area contributed by atoms with Gasteiger partial charge in [-0.2, -0.15) is 0 Å². The monoisotopic (exact) mass is 308 g/mol. The van der Waals surface area contributed by atoms with Gasteiger partial charge in [-0.15, -0.1) is 15.6 Å². The molecule has 3 aliphatic carbocycles. The third-order valence-corrected chi connectivity index (χ3v) is 8.17. The highest BCUT2D eigenvalue weighted by Gasteiger charge is 3.03. The maximum atomic E-state index is 6.75. The minimum atomic E-state index is -2.13. The summed E-state index contributed by atoms with van der Waals surface area (Å²) in [5.41, 5.74) is -2.60. The molecule has 0 aromatic heterocycles. The van der Waals surface area contributed by atoms with E-state index in [4.69, 9.17) is 102 Å². The third kappa shape index (κ3) is 1.24. The van der Waals surface area contributed by atoms with Gasteiger partial charge >= 0.3 is 0 Å². The molecule has 1 spiro atoms. The molecule has 0 amide bonds. The van der Waals surface area contributed by atoms with E-state index in [-0.39, 0.29) is 0 Å². The number of rotatable bonds is 1. The van der Waals surface area contributed by atoms with E-state index < -0.39 is 52.8 Å². The van der Waals surface area contributed by atoms with Gasteiger partial charge in [0.2, 0.25) is 0 Å². The minimum absolute atomic E-state index is 0.879. The van der Waals surface area contributed by atoms with Crippen LogP contribution in [0.1, 0.15) is 20.8 Å². The van der Waals surface area contributed by atoms with Crippen molar-refractivity contribution in [2.75, 3.05) is 0 Å². The fourth-order valence-corrected chi connectivity index (χ4v) is 6.32. The van der Waals surface area contributed by atoms with Gasteiger partial charge in [0.1, 0.15) is 0 Å². The molecule has 100 valence electrons. The van der Waals surface area contributed by atoms with Crippen LogP contribution in [0.2, 0.25) is 42.0 Å². The first-order valence-corrected chi connectivity index (χ1v) is 8.25. The Morgan fingerprint density at radius 2 is 0.885 bits per heavy atom. The molecular formula is C13H9B13. The van der Waals surface area contributed by atoms with Crippen LogP contribution in [0.25, 0.3) is 0 Å². The van der Waals surface area contributed by atoms with Crippen molar-refractivity contribution in [1.29, 1.82) is 0 Å². The molecule has 0 saturated heterocycles. The van der Waals surface area contributed by atoms with Gasteiger partial charge in [0.05, 0.1) is 102 Å². The molecule has 0 heterocycles. The highest BCUT2D eigenvalue weighted by atomic mass is 15.0. The van der Waals surface area contributed by atoms with Crippen molar-refractivity contribution in [3.05, 3.63) is 0 Å². The summed E-state index contributed by atoms with van der Waals surface area (Å²) in [4.78, 5) is 0. The molecule has 26 radical (unpaired) electrons. The fraction of sp³-hybridized carbons (Fsp3) is 1.00. The Morgan fingerprint density at radius 1 is 0.500 bits per heavy atom. The van der Waals surface area contributed by atoms with E-state index in [1.54, 1.807) is 20.8 Å². The zero-order valence-electron chi connectivity index (χ0n) is 15.5. The van der Waals surface area contributed by atoms with Crippen molar-refractivity contribution in [3.8, 4) is 0 Å². The maximum Gasteiger partial charge on any atom is 0.0737 e. The molecular weight excluding hydrogens is 297 g/mol. The van der Waals surface area contributed by atoms with Crippen LogP contribution in [0.15, 0.2) is 0 Å². The molecule has 4 atom stereocenters. The van der Waals surface area contributed by atoms with Crippen LogP contribution < -0.4 is 0 Å². The molecule has 0 aliphatic heterocycles. The lowest BCUT2D eigenvalue weighted by Crippen LogP contribution is -2.68. The summed E-state index contributed by atoms with van der Waals surface area (Å²) in [5.74, 6) is 0. The summed E-state index contributed by atoms with van der Waals surface area (Å²) < 4.78 is 0. The van der Waals surface area contributed by atoms with E-state index in [1.165, 1.54) is 0 Å². The van der Waals surface area contributed by atoms with E-state index in [1.807, 2.05) is 0 Å². The second-order valence-electron chi connectivity index (χ2n) is 9.77. The molecule has 13 heteroatoms. The summed E-state index contributed by atoms with van der Waals surface area (Å²) in [5, 5.41) is -15.7. The van der Waals surface area contributed by atoms with Crippen LogP contribution in [-0.4, -0.2) is 102 Å². The Hall–Kier alpha value is 0.844. The van der Waals surface area contributed by atoms with E-state index >= 15 is 0 Å². The molecule has 3 rings (SSSR count). The van der Waals surface area contributed by atoms with Crippen molar-refractivity contribution in [2.24, 2.45) is 10.8 Å². The van der Waals surface area contributed by atoms with E-state index in [9.17, 15) is 0 Å². The molecule has 0 bridgehead atoms. The van der Waals surface area contributed by atoms with Crippen LogP contribution >= 0.6 is 0 Å². The Balaban J connectivity index is 2.47. The summed E-state index contributed by atoms with van der Waals surface area (Å²) in [7, 11) is 83.6. The van der Waals surface area contributed by atoms with Gasteiger partial charge in [0, 0.05) is 0 Å². The molecule has 0 aromatic carbocycles. The molecule has 0 nitrogen and oxygen atoms in total. The largest absolute Gasteiger partial charge is 0.110 e. The SMILES string of the molecule is [B]C([B])(C(C)(C)C)C1([B])C([B])([B])C2([B])C([B])([B])C([B])([B])C23C([B])([B])C13[B]. The Bertz CT molecular complexity index is 705. The van der Waals surface area contributed by atoms with Crippen molar-refractivity contribution in [3.63, 3.8) is 0 Å². The van der Waals surface area contributed by atoms with Crippen LogP contribution in [0.5, 0.6) is 0 Å². The van der Waals surface area contributed by atoms with Crippen molar-refractivity contribution < 1.29 is 0 Å². The summed E-state index contributed by atoms with van der Waals surface area (Å²) in [6, 6.07) is 0. The first kappa shape index (κ1) is 21.6. The molecule has 3 aliphatic rings. The normalized spacial score (nSPS) is 49.3. The minimum Gasteiger partial charge on any atom is -0.110 e. The maximum absolute atomic E-state index is 6.75. The average molecular weight is 306 g/mol. The molecule has 0 aromatic rings. The molecule has 3 saturated carbocycles. The predicted molar refractivity (Wildman–Crippen MR) is 118 cm³/mol. The van der Waals surface area contributed by atoms with Gasteiger partial charge in [-0.05, 0) is 5.41 Å². The fourth-order valence-electron chi connectivity index (χ4n) is 6.32. The Kier molecular flexibility index (Phi) is 3.57. The topological polar surface area (TPSA) is 0 Å². The lowest BCUT2D eigenvalue weighted by molar-refractivity contribution is 0.113. The van der Waals surface area contributed by atoms with Crippen molar-refractivity contribution in [1.82, 2.24) is 0 Å². The van der Waals surface area contributed by atoms with E-state index in [0.29, 0.717) is 0 Å². The summed E-state index contributed by atoms with van der Waals surface area (Å²) in [6.07, 6.45) is 0. The van der Waals surface area contributed by atoms with Crippen LogP contribution in [0.4, 0.5) is 0 Å². The second kappa shape index (κ2) is 4.31. The first-order chi connectivity index (χ1) is 11.0. The van der Waals surface area contributed by atoms with Gasteiger partial charge < -0.3 is 0 Å². The molecule has 0 N–H and O–H groups in total. The molecule has 26 heavy (non-hydrogen) atoms. The zero-order valence-corrected chi connectivity index (χ0v) is 15.5. The van der Waals surface area contributed by atoms with Gasteiger partial charge in [-0.25, -0.2) is 0 Å². The zero-order chi connectivity index (χ0) is 21.0. The number of hydrogen-bond acceptors (Lipinski definition) is 0. The van der Waals surface area contributed by atoms with Gasteiger partial charge in [-0.1, -0.05) is 52.6 Å². The first-order valence-electron chi connectivity index (χ1n) is 8.25. The lowest BCUT2D eigenvalue weighted by atomic mass is 8.99. The van der Waals surface area contributed by atoms with Gasteiger partial charge in [-0.3, -0.25) is 0 Å². The van der Waals surface area contributed by atoms with Crippen molar-refractivity contribution >= 4 is 102 Å². The van der Waals surface area contributed by atoms with Crippen LogP contribution in [0.3, 0.4) is 0 Å². The quantitative estimate of drug-likeness (QED) is 0.507. The summed E-state index contributed by atoms with van der Waals surface area (Å²) >= 11 is 0. The van der Waals surface area contributed by atoms with Crippen LogP contribution in [0, 0.1) is 10.8 Å². The standard InChI is InChI=1S/C13H9B13/c1-4(2,3)9(17,18)8(16)6(14)5(10(6,19)20)7(15,12(8,23)24)13(25,26)11(5,21)22/h1-3H3. The van der Waals surface area contributed by atoms with E-state index in [2.05, 4.69) is 0 Å². The smallest absolute Gasteiger partial charge is 0.0737 e. The lowest BCUT2D eigenvalue weighted by Gasteiger charge is -2.83. The highest BCUT2D eigenvalue weighted by Crippen LogP contribution is 3.21. The average Bonchev–Trinajstić information content (AvgIpc) is 2.81.